The molecule has 0 saturated heterocycles. The molecule has 0 spiro atoms. The molecule has 0 aromatic rings. The Labute approximate surface area is 87.9 Å². The maximum absolute atomic E-state index is 11.2. The molecule has 0 aromatic heterocycles. The predicted octanol–water partition coefficient (Wildman–Crippen LogP) is 3.23. The summed E-state index contributed by atoms with van der Waals surface area (Å²) in [5.74, 6) is 0.343. The molecule has 0 radical (unpaired) electrons. The molecular weight excluding hydrogens is 288 g/mol. The van der Waals surface area contributed by atoms with Gasteiger partial charge in [0, 0.05) is 4.48 Å². The maximum atomic E-state index is 11.2. The van der Waals surface area contributed by atoms with E-state index in [0.29, 0.717) is 17.8 Å². The van der Waals surface area contributed by atoms with Crippen molar-refractivity contribution in [2.45, 2.75) is 20.3 Å². The lowest BCUT2D eigenvalue weighted by atomic mass is 10.2. The van der Waals surface area contributed by atoms with Gasteiger partial charge in [-0.25, -0.2) is 4.79 Å². The van der Waals surface area contributed by atoms with Gasteiger partial charge in [-0.2, -0.15) is 0 Å². The number of hydrogen-bond donors (Lipinski definition) is 0. The molecule has 2 nitrogen and oxygen atoms in total. The highest BCUT2D eigenvalue weighted by Crippen LogP contribution is 2.35. The van der Waals surface area contributed by atoms with E-state index in [1.54, 1.807) is 0 Å². The van der Waals surface area contributed by atoms with Crippen LogP contribution in [0.1, 0.15) is 20.3 Å². The van der Waals surface area contributed by atoms with Gasteiger partial charge in [-0.3, -0.25) is 0 Å². The fraction of sp³-hybridized carbons (Fsp3) is 0.375. The van der Waals surface area contributed by atoms with Crippen molar-refractivity contribution in [3.63, 3.8) is 0 Å². The van der Waals surface area contributed by atoms with Crippen molar-refractivity contribution in [3.05, 3.63) is 20.3 Å². The number of cyclic esters (lactones) is 1. The van der Waals surface area contributed by atoms with Gasteiger partial charge in [-0.1, -0.05) is 22.9 Å². The van der Waals surface area contributed by atoms with Gasteiger partial charge in [0.1, 0.15) is 0 Å². The van der Waals surface area contributed by atoms with Crippen molar-refractivity contribution in [2.75, 3.05) is 0 Å². The highest BCUT2D eigenvalue weighted by Gasteiger charge is 2.27. The lowest BCUT2D eigenvalue weighted by molar-refractivity contribution is -0.133. The molecule has 0 aromatic carbocycles. The predicted molar refractivity (Wildman–Crippen MR) is 54.0 cm³/mol. The minimum atomic E-state index is -0.252. The van der Waals surface area contributed by atoms with Crippen molar-refractivity contribution in [2.24, 2.45) is 0 Å². The van der Waals surface area contributed by atoms with Gasteiger partial charge < -0.3 is 4.74 Å². The number of allylic oxidation sites excluding steroid dienone is 2. The minimum absolute atomic E-state index is 0.252. The van der Waals surface area contributed by atoms with Crippen LogP contribution in [0.15, 0.2) is 20.3 Å². The first-order valence-electron chi connectivity index (χ1n) is 3.55. The Morgan fingerprint density at radius 2 is 2.17 bits per heavy atom. The van der Waals surface area contributed by atoms with E-state index in [1.807, 2.05) is 13.8 Å². The van der Waals surface area contributed by atoms with Crippen LogP contribution in [0.4, 0.5) is 0 Å². The lowest BCUT2D eigenvalue weighted by Crippen LogP contribution is -1.97. The van der Waals surface area contributed by atoms with E-state index in [9.17, 15) is 4.79 Å². The Bertz CT molecular complexity index is 285. The molecule has 0 bridgehead atoms. The van der Waals surface area contributed by atoms with Crippen molar-refractivity contribution >= 4 is 37.8 Å². The molecule has 0 N–H and O–H groups in total. The van der Waals surface area contributed by atoms with Gasteiger partial charge in [-0.05, 0) is 29.3 Å². The number of hydrogen-bond acceptors (Lipinski definition) is 2. The first-order chi connectivity index (χ1) is 5.57. The van der Waals surface area contributed by atoms with Gasteiger partial charge in [0.25, 0.3) is 0 Å². The summed E-state index contributed by atoms with van der Waals surface area (Å²) >= 11 is 6.58. The summed E-state index contributed by atoms with van der Waals surface area (Å²) in [6.07, 6.45) is 0.684. The topological polar surface area (TPSA) is 26.3 Å². The number of esters is 1. The molecule has 1 heterocycles. The second-order valence-electron chi connectivity index (χ2n) is 2.40. The van der Waals surface area contributed by atoms with E-state index in [-0.39, 0.29) is 5.97 Å². The van der Waals surface area contributed by atoms with Gasteiger partial charge >= 0.3 is 5.97 Å². The summed E-state index contributed by atoms with van der Waals surface area (Å²) < 4.78 is 6.60. The van der Waals surface area contributed by atoms with E-state index in [1.165, 1.54) is 0 Å². The zero-order chi connectivity index (χ0) is 9.30. The molecule has 0 aliphatic carbocycles. The quantitative estimate of drug-likeness (QED) is 0.694. The second kappa shape index (κ2) is 3.75. The average Bonchev–Trinajstić information content (AvgIpc) is 2.27. The molecule has 0 atom stereocenters. The van der Waals surface area contributed by atoms with Gasteiger partial charge in [0.05, 0.1) is 10.1 Å². The largest absolute Gasteiger partial charge is 0.421 e. The minimum Gasteiger partial charge on any atom is -0.421 e. The smallest absolute Gasteiger partial charge is 0.340 e. The van der Waals surface area contributed by atoms with Crippen molar-refractivity contribution in [1.82, 2.24) is 0 Å². The lowest BCUT2D eigenvalue weighted by Gasteiger charge is -1.97. The third-order valence-electron chi connectivity index (χ3n) is 1.57. The molecular formula is C8H8Br2O2. The van der Waals surface area contributed by atoms with Gasteiger partial charge in [-0.15, -0.1) is 0 Å². The van der Waals surface area contributed by atoms with Crippen LogP contribution in [0.2, 0.25) is 0 Å². The maximum Gasteiger partial charge on any atom is 0.340 e. The normalized spacial score (nSPS) is 21.5. The third-order valence-corrected chi connectivity index (χ3v) is 2.77. The molecule has 1 aliphatic rings. The summed E-state index contributed by atoms with van der Waals surface area (Å²) in [6, 6.07) is 0. The molecule has 66 valence electrons. The Morgan fingerprint density at radius 3 is 2.42 bits per heavy atom. The summed E-state index contributed by atoms with van der Waals surface area (Å²) in [7, 11) is 0. The first-order valence-corrected chi connectivity index (χ1v) is 5.14. The Hall–Kier alpha value is -0.0900. The third kappa shape index (κ3) is 1.64. The monoisotopic (exact) mass is 294 g/mol. The molecule has 0 fully saturated rings. The van der Waals surface area contributed by atoms with E-state index in [0.717, 1.165) is 8.96 Å². The van der Waals surface area contributed by atoms with Crippen molar-refractivity contribution < 1.29 is 9.53 Å². The second-order valence-corrected chi connectivity index (χ2v) is 4.38. The Balaban J connectivity index is 3.14. The van der Waals surface area contributed by atoms with Crippen LogP contribution in [0.3, 0.4) is 0 Å². The Morgan fingerprint density at radius 1 is 1.58 bits per heavy atom. The highest BCUT2D eigenvalue weighted by molar-refractivity contribution is 9.12. The molecule has 4 heteroatoms. The molecule has 1 aliphatic heterocycles. The fourth-order valence-corrected chi connectivity index (χ4v) is 2.31. The van der Waals surface area contributed by atoms with E-state index in [2.05, 4.69) is 31.9 Å². The Kier molecular flexibility index (Phi) is 3.12. The van der Waals surface area contributed by atoms with Crippen molar-refractivity contribution in [3.8, 4) is 0 Å². The number of carbonyl (C=O) groups is 1. The molecule has 0 saturated carbocycles. The zero-order valence-corrected chi connectivity index (χ0v) is 9.95. The first kappa shape index (κ1) is 9.99. The van der Waals surface area contributed by atoms with Crippen LogP contribution in [-0.2, 0) is 9.53 Å². The fourth-order valence-electron chi connectivity index (χ4n) is 0.947. The van der Waals surface area contributed by atoms with E-state index >= 15 is 0 Å². The van der Waals surface area contributed by atoms with Crippen LogP contribution in [0.5, 0.6) is 0 Å². The summed E-state index contributed by atoms with van der Waals surface area (Å²) in [6.45, 7) is 3.76. The highest BCUT2D eigenvalue weighted by atomic mass is 79.9. The number of rotatable bonds is 1. The van der Waals surface area contributed by atoms with Crippen LogP contribution in [0, 0.1) is 0 Å². The summed E-state index contributed by atoms with van der Waals surface area (Å²) in [5, 5.41) is 0. The van der Waals surface area contributed by atoms with Crippen LogP contribution < -0.4 is 0 Å². The standard InChI is InChI=1S/C8H8Br2O2/c1-3-5-6(10)7(4(2)9)12-8(5)11/h3H2,1-2H3. The molecule has 12 heavy (non-hydrogen) atoms. The van der Waals surface area contributed by atoms with Gasteiger partial charge in [0.15, 0.2) is 5.76 Å². The van der Waals surface area contributed by atoms with Crippen LogP contribution >= 0.6 is 31.9 Å². The van der Waals surface area contributed by atoms with Crippen LogP contribution in [-0.4, -0.2) is 5.97 Å². The summed E-state index contributed by atoms with van der Waals surface area (Å²) in [5.41, 5.74) is 0.698. The molecule has 0 amide bonds. The summed E-state index contributed by atoms with van der Waals surface area (Å²) in [4.78, 5) is 11.2. The van der Waals surface area contributed by atoms with Crippen molar-refractivity contribution in [1.29, 1.82) is 0 Å². The van der Waals surface area contributed by atoms with Crippen LogP contribution in [0.25, 0.3) is 0 Å². The number of ether oxygens (including phenoxy) is 1. The van der Waals surface area contributed by atoms with E-state index < -0.39 is 0 Å². The number of carbonyl (C=O) groups excluding carboxylic acids is 1. The zero-order valence-electron chi connectivity index (χ0n) is 6.78. The SMILES string of the molecule is CCC1=C(Br)C(=C(C)Br)OC1=O. The number of halogens is 2. The molecule has 0 unspecified atom stereocenters. The van der Waals surface area contributed by atoms with Gasteiger partial charge in [0.2, 0.25) is 0 Å². The molecule has 1 rings (SSSR count). The van der Waals surface area contributed by atoms with E-state index in [4.69, 9.17) is 4.74 Å². The average molecular weight is 296 g/mol.